The second-order valence-corrected chi connectivity index (χ2v) is 7.19. The smallest absolute Gasteiger partial charge is 0.250 e. The molecule has 3 aromatic rings. The standard InChI is InChI=1S/C23H25N5O2/c1-16-14-17(6-7-21(16)28-10-12-30-13-11-28)27-22-15-18(8-9-25-22)26-20-5-3-2-4-19(20)23(24)29/h2-9,14-15H,10-13H2,1H3,(H2,24,29)(H2,25,26,27). The van der Waals surface area contributed by atoms with Gasteiger partial charge in [0.2, 0.25) is 0 Å². The molecule has 1 saturated heterocycles. The second-order valence-electron chi connectivity index (χ2n) is 7.19. The third-order valence-electron chi connectivity index (χ3n) is 5.05. The van der Waals surface area contributed by atoms with E-state index in [0.717, 1.165) is 37.7 Å². The van der Waals surface area contributed by atoms with Crippen LogP contribution < -0.4 is 21.3 Å². The predicted octanol–water partition coefficient (Wildman–Crippen LogP) is 3.81. The number of nitrogens with two attached hydrogens (primary N) is 1. The first-order chi connectivity index (χ1) is 14.6. The maximum atomic E-state index is 11.6. The average Bonchev–Trinajstić information content (AvgIpc) is 2.75. The fourth-order valence-electron chi connectivity index (χ4n) is 3.58. The van der Waals surface area contributed by atoms with Gasteiger partial charge in [0, 0.05) is 42.4 Å². The van der Waals surface area contributed by atoms with E-state index in [2.05, 4.69) is 45.6 Å². The van der Waals surface area contributed by atoms with Crippen LogP contribution in [0.2, 0.25) is 0 Å². The molecular formula is C23H25N5O2. The molecule has 0 saturated carbocycles. The highest BCUT2D eigenvalue weighted by atomic mass is 16.5. The molecule has 0 unspecified atom stereocenters. The number of anilines is 5. The van der Waals surface area contributed by atoms with E-state index in [1.165, 1.54) is 11.3 Å². The second kappa shape index (κ2) is 8.84. The normalized spacial score (nSPS) is 13.7. The van der Waals surface area contributed by atoms with Crippen molar-refractivity contribution >= 4 is 34.5 Å². The molecular weight excluding hydrogens is 378 g/mol. The summed E-state index contributed by atoms with van der Waals surface area (Å²) in [5, 5.41) is 6.60. The lowest BCUT2D eigenvalue weighted by molar-refractivity contribution is 0.100. The van der Waals surface area contributed by atoms with Crippen LogP contribution in [0.15, 0.2) is 60.8 Å². The molecule has 2 aromatic carbocycles. The van der Waals surface area contributed by atoms with Crippen molar-refractivity contribution in [2.45, 2.75) is 6.92 Å². The Hall–Kier alpha value is -3.58. The van der Waals surface area contributed by atoms with Crippen molar-refractivity contribution in [3.63, 3.8) is 0 Å². The van der Waals surface area contributed by atoms with Gasteiger partial charge >= 0.3 is 0 Å². The number of nitrogens with one attached hydrogen (secondary N) is 2. The first kappa shape index (κ1) is 19.7. The first-order valence-corrected chi connectivity index (χ1v) is 9.92. The summed E-state index contributed by atoms with van der Waals surface area (Å²) in [5.74, 6) is 0.233. The van der Waals surface area contributed by atoms with Gasteiger partial charge in [-0.15, -0.1) is 0 Å². The van der Waals surface area contributed by atoms with E-state index in [0.29, 0.717) is 17.1 Å². The van der Waals surface area contributed by atoms with E-state index >= 15 is 0 Å². The summed E-state index contributed by atoms with van der Waals surface area (Å²) in [7, 11) is 0. The lowest BCUT2D eigenvalue weighted by Crippen LogP contribution is -2.36. The summed E-state index contributed by atoms with van der Waals surface area (Å²) in [6.45, 7) is 5.47. The summed E-state index contributed by atoms with van der Waals surface area (Å²) >= 11 is 0. The summed E-state index contributed by atoms with van der Waals surface area (Å²) < 4.78 is 5.44. The number of morpholine rings is 1. The van der Waals surface area contributed by atoms with Gasteiger partial charge in [-0.3, -0.25) is 4.79 Å². The van der Waals surface area contributed by atoms with Crippen LogP contribution in [-0.4, -0.2) is 37.2 Å². The molecule has 0 atom stereocenters. The van der Waals surface area contributed by atoms with Crippen molar-refractivity contribution in [3.8, 4) is 0 Å². The highest BCUT2D eigenvalue weighted by Crippen LogP contribution is 2.27. The highest BCUT2D eigenvalue weighted by Gasteiger charge is 2.13. The number of aromatic nitrogens is 1. The topological polar surface area (TPSA) is 92.5 Å². The zero-order valence-electron chi connectivity index (χ0n) is 16.9. The largest absolute Gasteiger partial charge is 0.378 e. The molecule has 1 aliphatic rings. The van der Waals surface area contributed by atoms with Gasteiger partial charge in [0.15, 0.2) is 0 Å². The molecule has 4 rings (SSSR count). The third kappa shape index (κ3) is 4.52. The maximum absolute atomic E-state index is 11.6. The van der Waals surface area contributed by atoms with Gasteiger partial charge in [-0.25, -0.2) is 4.98 Å². The number of pyridine rings is 1. The monoisotopic (exact) mass is 403 g/mol. The van der Waals surface area contributed by atoms with Crippen molar-refractivity contribution in [2.75, 3.05) is 41.8 Å². The molecule has 1 aromatic heterocycles. The molecule has 7 nitrogen and oxygen atoms in total. The molecule has 0 radical (unpaired) electrons. The number of para-hydroxylation sites is 1. The Morgan fingerprint density at radius 2 is 1.80 bits per heavy atom. The van der Waals surface area contributed by atoms with Crippen molar-refractivity contribution in [1.29, 1.82) is 0 Å². The van der Waals surface area contributed by atoms with E-state index in [-0.39, 0.29) is 0 Å². The summed E-state index contributed by atoms with van der Waals surface area (Å²) in [6.07, 6.45) is 1.71. The van der Waals surface area contributed by atoms with Gasteiger partial charge in [0.05, 0.1) is 24.5 Å². The summed E-state index contributed by atoms with van der Waals surface area (Å²) in [4.78, 5) is 18.4. The summed E-state index contributed by atoms with van der Waals surface area (Å²) in [5.41, 5.74) is 10.8. The molecule has 0 bridgehead atoms. The third-order valence-corrected chi connectivity index (χ3v) is 5.05. The Bertz CT molecular complexity index is 1050. The fourth-order valence-corrected chi connectivity index (χ4v) is 3.58. The number of primary amides is 1. The van der Waals surface area contributed by atoms with Crippen LogP contribution in [-0.2, 0) is 4.74 Å². The molecule has 2 heterocycles. The summed E-state index contributed by atoms with van der Waals surface area (Å²) in [6, 6.07) is 17.2. The number of benzene rings is 2. The molecule has 1 fully saturated rings. The van der Waals surface area contributed by atoms with Crippen LogP contribution in [0.3, 0.4) is 0 Å². The van der Waals surface area contributed by atoms with Crippen molar-refractivity contribution in [2.24, 2.45) is 5.73 Å². The number of carbonyl (C=O) groups excluding carboxylic acids is 1. The van der Waals surface area contributed by atoms with Gasteiger partial charge < -0.3 is 26.0 Å². The van der Waals surface area contributed by atoms with Crippen LogP contribution in [0, 0.1) is 6.92 Å². The van der Waals surface area contributed by atoms with Gasteiger partial charge in [-0.1, -0.05) is 12.1 Å². The molecule has 30 heavy (non-hydrogen) atoms. The van der Waals surface area contributed by atoms with Crippen LogP contribution in [0.4, 0.5) is 28.6 Å². The Balaban J connectivity index is 1.50. The molecule has 0 aliphatic carbocycles. The van der Waals surface area contributed by atoms with Gasteiger partial charge in [0.25, 0.3) is 5.91 Å². The molecule has 154 valence electrons. The minimum atomic E-state index is -0.471. The minimum absolute atomic E-state index is 0.443. The molecule has 1 amide bonds. The first-order valence-electron chi connectivity index (χ1n) is 9.92. The van der Waals surface area contributed by atoms with E-state index < -0.39 is 5.91 Å². The number of amides is 1. The predicted molar refractivity (Wildman–Crippen MR) is 120 cm³/mol. The van der Waals surface area contributed by atoms with E-state index in [1.807, 2.05) is 24.3 Å². The molecule has 7 heteroatoms. The lowest BCUT2D eigenvalue weighted by atomic mass is 10.1. The number of ether oxygens (including phenoxy) is 1. The highest BCUT2D eigenvalue weighted by molar-refractivity contribution is 5.99. The van der Waals surface area contributed by atoms with Crippen molar-refractivity contribution in [3.05, 3.63) is 71.9 Å². The number of nitrogens with zero attached hydrogens (tertiary/aromatic N) is 2. The SMILES string of the molecule is Cc1cc(Nc2cc(Nc3ccccc3C(N)=O)ccn2)ccc1N1CCOCC1. The number of carbonyl (C=O) groups is 1. The number of hydrogen-bond acceptors (Lipinski definition) is 6. The Morgan fingerprint density at radius 3 is 2.57 bits per heavy atom. The van der Waals surface area contributed by atoms with E-state index in [4.69, 9.17) is 10.5 Å². The Kier molecular flexibility index (Phi) is 5.81. The molecule has 4 N–H and O–H groups in total. The number of hydrogen-bond donors (Lipinski definition) is 3. The fraction of sp³-hybridized carbons (Fsp3) is 0.217. The lowest BCUT2D eigenvalue weighted by Gasteiger charge is -2.30. The van der Waals surface area contributed by atoms with Gasteiger partial charge in [-0.2, -0.15) is 0 Å². The quantitative estimate of drug-likeness (QED) is 0.580. The molecule has 0 spiro atoms. The van der Waals surface area contributed by atoms with Gasteiger partial charge in [-0.05, 0) is 48.9 Å². The zero-order chi connectivity index (χ0) is 20.9. The van der Waals surface area contributed by atoms with Crippen molar-refractivity contribution < 1.29 is 9.53 Å². The van der Waals surface area contributed by atoms with E-state index in [1.54, 1.807) is 18.3 Å². The van der Waals surface area contributed by atoms with E-state index in [9.17, 15) is 4.79 Å². The number of aryl methyl sites for hydroxylation is 1. The Labute approximate surface area is 175 Å². The number of rotatable bonds is 6. The van der Waals surface area contributed by atoms with Gasteiger partial charge in [0.1, 0.15) is 5.82 Å². The van der Waals surface area contributed by atoms with Crippen LogP contribution >= 0.6 is 0 Å². The van der Waals surface area contributed by atoms with Crippen LogP contribution in [0.5, 0.6) is 0 Å². The maximum Gasteiger partial charge on any atom is 0.250 e. The zero-order valence-corrected chi connectivity index (χ0v) is 16.9. The molecule has 1 aliphatic heterocycles. The van der Waals surface area contributed by atoms with Crippen molar-refractivity contribution in [1.82, 2.24) is 4.98 Å². The minimum Gasteiger partial charge on any atom is -0.378 e. The van der Waals surface area contributed by atoms with Crippen LogP contribution in [0.1, 0.15) is 15.9 Å². The Morgan fingerprint density at radius 1 is 1.03 bits per heavy atom. The van der Waals surface area contributed by atoms with Crippen LogP contribution in [0.25, 0.3) is 0 Å². The average molecular weight is 403 g/mol.